The molecule has 0 spiro atoms. The fourth-order valence-electron chi connectivity index (χ4n) is 1.92. The van der Waals surface area contributed by atoms with Gasteiger partial charge in [-0.3, -0.25) is 9.78 Å². The van der Waals surface area contributed by atoms with Gasteiger partial charge in [0.25, 0.3) is 0 Å². The first-order valence-electron chi connectivity index (χ1n) is 6.83. The second-order valence-electron chi connectivity index (χ2n) is 4.56. The van der Waals surface area contributed by atoms with Crippen molar-refractivity contribution in [3.63, 3.8) is 0 Å². The highest BCUT2D eigenvalue weighted by Crippen LogP contribution is 2.34. The van der Waals surface area contributed by atoms with E-state index in [2.05, 4.69) is 16.9 Å². The second kappa shape index (κ2) is 7.56. The average molecular weight is 321 g/mol. The molecule has 0 N–H and O–H groups in total. The van der Waals surface area contributed by atoms with E-state index in [1.165, 1.54) is 0 Å². The van der Waals surface area contributed by atoms with Crippen LogP contribution in [0.1, 0.15) is 19.0 Å². The number of anilines is 1. The Morgan fingerprint density at radius 3 is 2.90 bits per heavy atom. The third-order valence-corrected chi connectivity index (χ3v) is 4.95. The molecular formula is C15H19N3OS2. The van der Waals surface area contributed by atoms with Crippen LogP contribution in [0.5, 0.6) is 0 Å². The van der Waals surface area contributed by atoms with E-state index in [-0.39, 0.29) is 5.91 Å². The van der Waals surface area contributed by atoms with E-state index in [1.54, 1.807) is 40.4 Å². The number of hydrogen-bond acceptors (Lipinski definition) is 5. The van der Waals surface area contributed by atoms with Crippen LogP contribution in [0.25, 0.3) is 10.6 Å². The van der Waals surface area contributed by atoms with Gasteiger partial charge in [0, 0.05) is 37.2 Å². The molecule has 0 radical (unpaired) electrons. The standard InChI is InChI=1S/C15H19N3OS2/c1-4-12-15(18(2)13(19)7-9-20-3)21-14(17-12)11-6-5-8-16-10-11/h5-6,8,10H,4,7,9H2,1-3H3. The van der Waals surface area contributed by atoms with Crippen molar-refractivity contribution < 1.29 is 4.79 Å². The summed E-state index contributed by atoms with van der Waals surface area (Å²) in [6.07, 6.45) is 6.93. The molecule has 0 saturated carbocycles. The number of thioether (sulfide) groups is 1. The van der Waals surface area contributed by atoms with Gasteiger partial charge in [-0.1, -0.05) is 18.3 Å². The molecule has 6 heteroatoms. The number of hydrogen-bond donors (Lipinski definition) is 0. The number of aryl methyl sites for hydroxylation is 1. The number of carbonyl (C=O) groups excluding carboxylic acids is 1. The number of nitrogens with zero attached hydrogens (tertiary/aromatic N) is 3. The molecule has 2 aromatic heterocycles. The summed E-state index contributed by atoms with van der Waals surface area (Å²) in [5.74, 6) is 0.985. The third-order valence-electron chi connectivity index (χ3n) is 3.12. The van der Waals surface area contributed by atoms with Gasteiger partial charge in [0.15, 0.2) is 0 Å². The van der Waals surface area contributed by atoms with Crippen molar-refractivity contribution in [3.8, 4) is 10.6 Å². The first kappa shape index (κ1) is 16.0. The Morgan fingerprint density at radius 1 is 1.48 bits per heavy atom. The van der Waals surface area contributed by atoms with Gasteiger partial charge in [-0.05, 0) is 24.8 Å². The highest BCUT2D eigenvalue weighted by molar-refractivity contribution is 7.98. The van der Waals surface area contributed by atoms with Gasteiger partial charge in [0.1, 0.15) is 10.0 Å². The van der Waals surface area contributed by atoms with Crippen LogP contribution in [0.3, 0.4) is 0 Å². The lowest BCUT2D eigenvalue weighted by Crippen LogP contribution is -2.26. The average Bonchev–Trinajstić information content (AvgIpc) is 2.97. The molecule has 0 aromatic carbocycles. The molecule has 4 nitrogen and oxygen atoms in total. The van der Waals surface area contributed by atoms with Gasteiger partial charge in [0.2, 0.25) is 5.91 Å². The fraction of sp³-hybridized carbons (Fsp3) is 0.400. The lowest BCUT2D eigenvalue weighted by atomic mass is 10.3. The highest BCUT2D eigenvalue weighted by atomic mass is 32.2. The summed E-state index contributed by atoms with van der Waals surface area (Å²) in [4.78, 5) is 22.7. The Balaban J connectivity index is 2.27. The predicted molar refractivity (Wildman–Crippen MR) is 91.1 cm³/mol. The van der Waals surface area contributed by atoms with Crippen molar-refractivity contribution in [1.29, 1.82) is 0 Å². The number of amides is 1. The normalized spacial score (nSPS) is 10.6. The molecule has 112 valence electrons. The molecule has 0 unspecified atom stereocenters. The molecule has 0 fully saturated rings. The number of thiazole rings is 1. The first-order chi connectivity index (χ1) is 10.2. The van der Waals surface area contributed by atoms with Crippen LogP contribution in [-0.4, -0.2) is 34.9 Å². The molecular weight excluding hydrogens is 302 g/mol. The first-order valence-corrected chi connectivity index (χ1v) is 9.04. The number of rotatable bonds is 6. The molecule has 0 bridgehead atoms. The lowest BCUT2D eigenvalue weighted by molar-refractivity contribution is -0.117. The summed E-state index contributed by atoms with van der Waals surface area (Å²) < 4.78 is 0. The van der Waals surface area contributed by atoms with Crippen LogP contribution in [0.15, 0.2) is 24.5 Å². The van der Waals surface area contributed by atoms with Crippen molar-refractivity contribution in [2.75, 3.05) is 24.0 Å². The SMILES string of the molecule is CCc1nc(-c2cccnc2)sc1N(C)C(=O)CCSC. The Bertz CT molecular complexity index is 598. The lowest BCUT2D eigenvalue weighted by Gasteiger charge is -2.15. The van der Waals surface area contributed by atoms with Gasteiger partial charge in [-0.15, -0.1) is 0 Å². The molecule has 0 aliphatic heterocycles. The number of aromatic nitrogens is 2. The van der Waals surface area contributed by atoms with Crippen LogP contribution < -0.4 is 4.90 Å². The molecule has 2 aromatic rings. The van der Waals surface area contributed by atoms with Crippen molar-refractivity contribution in [3.05, 3.63) is 30.2 Å². The topological polar surface area (TPSA) is 46.1 Å². The van der Waals surface area contributed by atoms with Crippen molar-refractivity contribution in [2.24, 2.45) is 0 Å². The summed E-state index contributed by atoms with van der Waals surface area (Å²) in [5.41, 5.74) is 1.97. The summed E-state index contributed by atoms with van der Waals surface area (Å²) in [6, 6.07) is 3.89. The molecule has 0 saturated heterocycles. The van der Waals surface area contributed by atoms with Crippen molar-refractivity contribution in [2.45, 2.75) is 19.8 Å². The van der Waals surface area contributed by atoms with Crippen LogP contribution in [0.4, 0.5) is 5.00 Å². The largest absolute Gasteiger partial charge is 0.305 e. The Labute approximate surface area is 133 Å². The van der Waals surface area contributed by atoms with Crippen LogP contribution in [0, 0.1) is 0 Å². The monoisotopic (exact) mass is 321 g/mol. The quantitative estimate of drug-likeness (QED) is 0.817. The summed E-state index contributed by atoms with van der Waals surface area (Å²) in [7, 11) is 1.84. The van der Waals surface area contributed by atoms with E-state index < -0.39 is 0 Å². The maximum absolute atomic E-state index is 12.2. The van der Waals surface area contributed by atoms with E-state index in [9.17, 15) is 4.79 Å². The van der Waals surface area contributed by atoms with E-state index in [0.29, 0.717) is 6.42 Å². The Morgan fingerprint density at radius 2 is 2.29 bits per heavy atom. The summed E-state index contributed by atoms with van der Waals surface area (Å²) in [6.45, 7) is 2.06. The van der Waals surface area contributed by atoms with Crippen LogP contribution in [-0.2, 0) is 11.2 Å². The molecule has 2 rings (SSSR count). The van der Waals surface area contributed by atoms with Gasteiger partial charge >= 0.3 is 0 Å². The third kappa shape index (κ3) is 3.83. The molecule has 0 aliphatic carbocycles. The predicted octanol–water partition coefficient (Wildman–Crippen LogP) is 3.48. The van der Waals surface area contributed by atoms with Gasteiger partial charge in [-0.25, -0.2) is 4.98 Å². The maximum atomic E-state index is 12.2. The Hall–Kier alpha value is -1.40. The van der Waals surface area contributed by atoms with Gasteiger partial charge < -0.3 is 4.90 Å². The number of carbonyl (C=O) groups is 1. The maximum Gasteiger partial charge on any atom is 0.228 e. The minimum Gasteiger partial charge on any atom is -0.305 e. The number of pyridine rings is 1. The molecule has 0 aliphatic rings. The highest BCUT2D eigenvalue weighted by Gasteiger charge is 2.19. The van der Waals surface area contributed by atoms with Crippen molar-refractivity contribution in [1.82, 2.24) is 9.97 Å². The zero-order chi connectivity index (χ0) is 15.2. The second-order valence-corrected chi connectivity index (χ2v) is 6.52. The van der Waals surface area contributed by atoms with E-state index >= 15 is 0 Å². The van der Waals surface area contributed by atoms with Crippen molar-refractivity contribution >= 4 is 34.0 Å². The molecule has 2 heterocycles. The molecule has 0 atom stereocenters. The van der Waals surface area contributed by atoms with Crippen LogP contribution in [0.2, 0.25) is 0 Å². The minimum absolute atomic E-state index is 0.139. The van der Waals surface area contributed by atoms with Crippen LogP contribution >= 0.6 is 23.1 Å². The summed E-state index contributed by atoms with van der Waals surface area (Å²) >= 11 is 3.24. The molecule has 21 heavy (non-hydrogen) atoms. The van der Waals surface area contributed by atoms with Gasteiger partial charge in [0.05, 0.1) is 5.69 Å². The zero-order valence-electron chi connectivity index (χ0n) is 12.5. The van der Waals surface area contributed by atoms with Gasteiger partial charge in [-0.2, -0.15) is 11.8 Å². The van der Waals surface area contributed by atoms with E-state index in [1.807, 2.05) is 25.4 Å². The van der Waals surface area contributed by atoms with E-state index in [4.69, 9.17) is 0 Å². The zero-order valence-corrected chi connectivity index (χ0v) is 14.1. The Kier molecular flexibility index (Phi) is 5.76. The fourth-order valence-corrected chi connectivity index (χ4v) is 3.42. The summed E-state index contributed by atoms with van der Waals surface area (Å²) in [5, 5.41) is 1.86. The minimum atomic E-state index is 0.139. The molecule has 1 amide bonds. The smallest absolute Gasteiger partial charge is 0.228 e. The van der Waals surface area contributed by atoms with E-state index in [0.717, 1.165) is 33.4 Å².